The first-order valence-electron chi connectivity index (χ1n) is 0.428. The molecule has 35 heteroatoms. The summed E-state index contributed by atoms with van der Waals surface area (Å²) >= 11 is 0. The number of hydrogen-bond acceptors (Lipinski definition) is 1. The summed E-state index contributed by atoms with van der Waals surface area (Å²) in [6, 6.07) is 0. The van der Waals surface area contributed by atoms with Crippen LogP contribution in [0.1, 0.15) is 0 Å². The van der Waals surface area contributed by atoms with E-state index in [1.165, 1.54) is 0 Å². The van der Waals surface area contributed by atoms with Crippen LogP contribution in [0.4, 0.5) is 0 Å². The molecule has 0 saturated heterocycles. The Balaban J connectivity index is -0.0000000000379. The second-order valence-electron chi connectivity index (χ2n) is 0.0913. The van der Waals surface area contributed by atoms with E-state index in [1.807, 2.05) is 0 Å². The molecule has 33 radical (unpaired) electrons. The first kappa shape index (κ1) is 252. The van der Waals surface area contributed by atoms with Gasteiger partial charge in [-0.25, -0.2) is 0 Å². The molecule has 0 bridgehead atoms. The van der Waals surface area contributed by atoms with Crippen LogP contribution in [0.25, 0.3) is 0 Å². The van der Waals surface area contributed by atoms with Crippen molar-refractivity contribution in [3.63, 3.8) is 0 Å². The molecule has 0 aliphatic carbocycles. The summed E-state index contributed by atoms with van der Waals surface area (Å²) in [4.78, 5) is 8.24. The molecule has 0 atom stereocenters. The van der Waals surface area contributed by atoms with Crippen molar-refractivity contribution in [2.75, 3.05) is 0 Å². The van der Waals surface area contributed by atoms with E-state index in [9.17, 15) is 0 Å². The van der Waals surface area contributed by atoms with E-state index in [4.69, 9.17) is 9.90 Å². The molecule has 0 rings (SSSR count). The Morgan fingerprint density at radius 1 is 0.194 bits per heavy atom. The van der Waals surface area contributed by atoms with Gasteiger partial charge in [0.15, 0.2) is 0 Å². The Morgan fingerprint density at radius 3 is 0.194 bits per heavy atom. The number of rotatable bonds is 0. The number of aliphatic hydroxyl groups excluding tert-OH is 1. The SMILES string of the molecule is O=[C-]O.[Y].[Y].[Y].[Y].[Y].[Y].[Y].[Y].[Y].[Y].[Y].[Y].[Y].[Y].[Y].[Y].[Y].[Y].[Y].[Y].[Y].[Y].[Y].[Y].[Y].[Y].[Y].[Y].[Y].[Y].[Y].[Y].[Y]. The summed E-state index contributed by atoms with van der Waals surface area (Å²) in [6.45, 7) is 0.500. The summed E-state index contributed by atoms with van der Waals surface area (Å²) < 4.78 is 0. The molecule has 0 spiro atoms. The molecular formula is CHO2Y33-. The van der Waals surface area contributed by atoms with Gasteiger partial charge in [0.1, 0.15) is 0 Å². The molecule has 0 heterocycles. The third-order valence-electron chi connectivity index (χ3n) is 0. The monoisotopic (exact) mass is 2980 g/mol. The van der Waals surface area contributed by atoms with Crippen molar-refractivity contribution in [3.8, 4) is 0 Å². The topological polar surface area (TPSA) is 37.3 Å². The zero-order chi connectivity index (χ0) is 2.71. The molecule has 0 aliphatic rings. The minimum Gasteiger partial charge on any atom is -0.665 e. The molecule has 0 aliphatic heterocycles. The van der Waals surface area contributed by atoms with E-state index < -0.39 is 0 Å². The first-order chi connectivity index (χ1) is 1.41. The molecule has 0 unspecified atom stereocenters. The van der Waals surface area contributed by atoms with E-state index in [0.717, 1.165) is 0 Å². The quantitative estimate of drug-likeness (QED) is 0.334. The van der Waals surface area contributed by atoms with Crippen LogP contribution in [0.5, 0.6) is 0 Å². The van der Waals surface area contributed by atoms with Gasteiger partial charge < -0.3 is 9.90 Å². The molecule has 0 fully saturated rings. The van der Waals surface area contributed by atoms with Crippen LogP contribution in [0, 0.1) is 0 Å². The minimum atomic E-state index is 0. The van der Waals surface area contributed by atoms with Crippen LogP contribution in [-0.2, 0) is 1080 Å². The van der Waals surface area contributed by atoms with Crippen LogP contribution in [0.15, 0.2) is 0 Å². The van der Waals surface area contributed by atoms with Crippen molar-refractivity contribution < 1.29 is 1090 Å². The maximum absolute atomic E-state index is 8.24. The molecule has 1 N–H and O–H groups in total. The van der Waals surface area contributed by atoms with E-state index in [1.54, 1.807) is 0 Å². The summed E-state index contributed by atoms with van der Waals surface area (Å²) in [5.41, 5.74) is 0. The minimum absolute atomic E-state index is 0. The fourth-order valence-electron chi connectivity index (χ4n) is 0. The Hall–Kier alpha value is 35.9. The molecule has 0 aromatic rings. The summed E-state index contributed by atoms with van der Waals surface area (Å²) in [7, 11) is 0. The zero-order valence-corrected chi connectivity index (χ0v) is 114. The van der Waals surface area contributed by atoms with Crippen LogP contribution in [-0.4, -0.2) is 11.6 Å². The second kappa shape index (κ2) is 254. The van der Waals surface area contributed by atoms with Crippen LogP contribution in [0.3, 0.4) is 0 Å². The van der Waals surface area contributed by atoms with Crippen molar-refractivity contribution in [1.82, 2.24) is 0 Å². The van der Waals surface area contributed by atoms with Crippen molar-refractivity contribution in [3.05, 3.63) is 0 Å². The Kier molecular flexibility index (Phi) is 1780. The van der Waals surface area contributed by atoms with Crippen molar-refractivity contribution in [2.24, 2.45) is 0 Å². The fourth-order valence-corrected chi connectivity index (χ4v) is 0. The molecular weight excluding hydrogens is 2980 g/mol. The maximum atomic E-state index is 8.24. The molecule has 0 saturated carbocycles. The van der Waals surface area contributed by atoms with Gasteiger partial charge in [0.25, 0.3) is 0 Å². The maximum Gasteiger partial charge on any atom is 0 e. The van der Waals surface area contributed by atoms with Crippen LogP contribution < -0.4 is 0 Å². The van der Waals surface area contributed by atoms with Gasteiger partial charge in [0, 0.05) is 1080 Å². The first-order valence-corrected chi connectivity index (χ1v) is 0.428. The van der Waals surface area contributed by atoms with Gasteiger partial charge in [-0.3, -0.25) is 0 Å². The smallest absolute Gasteiger partial charge is 0 e. The second-order valence-corrected chi connectivity index (χ2v) is 0.0913. The zero-order valence-electron chi connectivity index (χ0n) is 20.4. The summed E-state index contributed by atoms with van der Waals surface area (Å²) in [6.07, 6.45) is 0. The van der Waals surface area contributed by atoms with Gasteiger partial charge in [-0.1, -0.05) is 6.47 Å². The fraction of sp³-hybridized carbons (Fsp3) is 0. The van der Waals surface area contributed by atoms with Crippen LogP contribution in [0.2, 0.25) is 0 Å². The average molecular weight is 2980 g/mol. The van der Waals surface area contributed by atoms with E-state index in [0.29, 0.717) is 6.47 Å². The van der Waals surface area contributed by atoms with Gasteiger partial charge in [-0.15, -0.1) is 0 Å². The predicted molar refractivity (Wildman–Crippen MR) is 8.32 cm³/mol. The Morgan fingerprint density at radius 2 is 0.194 bits per heavy atom. The van der Waals surface area contributed by atoms with Gasteiger partial charge in [-0.05, 0) is 0 Å². The Labute approximate surface area is 1050 Å². The van der Waals surface area contributed by atoms with Crippen molar-refractivity contribution >= 4 is 6.47 Å². The van der Waals surface area contributed by atoms with Crippen molar-refractivity contribution in [1.29, 1.82) is 0 Å². The van der Waals surface area contributed by atoms with Gasteiger partial charge >= 0.3 is 0 Å². The molecule has 0 amide bonds. The van der Waals surface area contributed by atoms with Gasteiger partial charge in [0.2, 0.25) is 0 Å². The predicted octanol–water partition coefficient (Wildman–Crippen LogP) is -0.471. The van der Waals surface area contributed by atoms with Gasteiger partial charge in [0.05, 0.1) is 0 Å². The van der Waals surface area contributed by atoms with Gasteiger partial charge in [-0.2, -0.15) is 0 Å². The Bertz CT molecular complexity index is 25.2. The number of hydrogen-bond donors (Lipinski definition) is 1. The third kappa shape index (κ3) is 257. The molecule has 2 nitrogen and oxygen atoms in total. The van der Waals surface area contributed by atoms with Crippen molar-refractivity contribution in [2.45, 2.75) is 0 Å². The molecule has 117 valence electrons. The average Bonchev–Trinajstić information content (AvgIpc) is 0.918. The van der Waals surface area contributed by atoms with E-state index in [2.05, 4.69) is 0 Å². The van der Waals surface area contributed by atoms with E-state index in [-0.39, 0.29) is 1080 Å². The molecule has 36 heavy (non-hydrogen) atoms. The third-order valence-corrected chi connectivity index (χ3v) is 0. The van der Waals surface area contributed by atoms with E-state index >= 15 is 0 Å². The largest absolute Gasteiger partial charge is 0.665 e. The summed E-state index contributed by atoms with van der Waals surface area (Å²) in [5.74, 6) is 0. The normalized spacial score (nSPS) is 0.333. The molecule has 0 aromatic heterocycles. The summed E-state index contributed by atoms with van der Waals surface area (Å²) in [5, 5.41) is 6.76. The molecule has 0 aromatic carbocycles. The standard InChI is InChI=1S/CHO2.33Y/c2-1-3;;;;;;;;;;;;;;;;;;;;;;;;;;;;;;;;;/h(H,2,3);;;;;;;;;;;;;;;;;;;;;;;;;;;;;;;;;/q-1;;;;;;;;;;;;;;;;;;;;;;;;;;;;;;;;;. The van der Waals surface area contributed by atoms with Crippen LogP contribution >= 0.6 is 0 Å².